The quantitative estimate of drug-likeness (QED) is 0.434. The summed E-state index contributed by atoms with van der Waals surface area (Å²) in [5.41, 5.74) is 3.71. The Hall–Kier alpha value is -4.07. The first-order valence-electron chi connectivity index (χ1n) is 11.5. The van der Waals surface area contributed by atoms with E-state index in [2.05, 4.69) is 5.32 Å². The van der Waals surface area contributed by atoms with Gasteiger partial charge in [-0.3, -0.25) is 14.5 Å². The first-order valence-corrected chi connectivity index (χ1v) is 11.5. The molecule has 3 aromatic rings. The summed E-state index contributed by atoms with van der Waals surface area (Å²) in [6, 6.07) is 14.4. The van der Waals surface area contributed by atoms with Gasteiger partial charge in [0.05, 0.1) is 6.54 Å². The van der Waals surface area contributed by atoms with Crippen molar-refractivity contribution in [2.24, 2.45) is 0 Å². The Labute approximate surface area is 203 Å². The number of urea groups is 1. The van der Waals surface area contributed by atoms with Gasteiger partial charge in [0.15, 0.2) is 17.3 Å². The van der Waals surface area contributed by atoms with Crippen molar-refractivity contribution in [3.05, 3.63) is 82.2 Å². The molecule has 2 aliphatic rings. The zero-order valence-electron chi connectivity index (χ0n) is 20.2. The fraction of sp³-hybridized carbons (Fsp3) is 0.296. The Morgan fingerprint density at radius 1 is 1.00 bits per heavy atom. The predicted octanol–water partition coefficient (Wildman–Crippen LogP) is 3.84. The van der Waals surface area contributed by atoms with Crippen LogP contribution in [0.3, 0.4) is 0 Å². The van der Waals surface area contributed by atoms with E-state index in [-0.39, 0.29) is 19.1 Å². The third-order valence-electron chi connectivity index (χ3n) is 6.86. The van der Waals surface area contributed by atoms with E-state index in [0.29, 0.717) is 23.4 Å². The van der Waals surface area contributed by atoms with Crippen molar-refractivity contribution in [3.63, 3.8) is 0 Å². The number of benzene rings is 2. The maximum atomic E-state index is 13.3. The molecule has 0 spiro atoms. The summed E-state index contributed by atoms with van der Waals surface area (Å²) in [7, 11) is 0. The molecule has 1 saturated heterocycles. The Morgan fingerprint density at radius 2 is 1.71 bits per heavy atom. The van der Waals surface area contributed by atoms with Gasteiger partial charge in [-0.1, -0.05) is 35.9 Å². The molecule has 0 radical (unpaired) electrons. The van der Waals surface area contributed by atoms with Crippen LogP contribution in [0.2, 0.25) is 0 Å². The topological polar surface area (TPSA) is 89.9 Å². The molecule has 0 saturated carbocycles. The average molecular weight is 474 g/mol. The van der Waals surface area contributed by atoms with E-state index in [1.165, 1.54) is 0 Å². The van der Waals surface area contributed by atoms with E-state index >= 15 is 0 Å². The van der Waals surface area contributed by atoms with Gasteiger partial charge in [-0.05, 0) is 57.0 Å². The largest absolute Gasteiger partial charge is 0.454 e. The van der Waals surface area contributed by atoms with Gasteiger partial charge in [-0.25, -0.2) is 4.79 Å². The Bertz CT molecular complexity index is 1360. The third kappa shape index (κ3) is 3.84. The van der Waals surface area contributed by atoms with Crippen molar-refractivity contribution in [2.75, 3.05) is 13.3 Å². The summed E-state index contributed by atoms with van der Waals surface area (Å²) in [4.78, 5) is 40.2. The molecule has 3 heterocycles. The molecule has 1 aromatic heterocycles. The van der Waals surface area contributed by atoms with Crippen LogP contribution in [-0.4, -0.2) is 40.5 Å². The number of aromatic nitrogens is 1. The van der Waals surface area contributed by atoms with E-state index in [1.54, 1.807) is 6.92 Å². The second kappa shape index (κ2) is 8.30. The second-order valence-corrected chi connectivity index (χ2v) is 9.29. The van der Waals surface area contributed by atoms with Gasteiger partial charge >= 0.3 is 6.03 Å². The maximum absolute atomic E-state index is 13.3. The molecule has 2 aromatic carbocycles. The fourth-order valence-corrected chi connectivity index (χ4v) is 4.70. The van der Waals surface area contributed by atoms with Crippen molar-refractivity contribution in [2.45, 2.75) is 39.8 Å². The molecule has 2 aliphatic heterocycles. The average Bonchev–Trinajstić information content (AvgIpc) is 3.47. The van der Waals surface area contributed by atoms with Crippen LogP contribution in [0.25, 0.3) is 0 Å². The monoisotopic (exact) mass is 473 g/mol. The molecule has 180 valence electrons. The van der Waals surface area contributed by atoms with Crippen molar-refractivity contribution in [3.8, 4) is 11.5 Å². The van der Waals surface area contributed by atoms with Crippen molar-refractivity contribution >= 4 is 17.7 Å². The molecular formula is C27H27N3O5. The summed E-state index contributed by atoms with van der Waals surface area (Å²) >= 11 is 0. The highest BCUT2D eigenvalue weighted by molar-refractivity contribution is 6.11. The molecule has 1 fully saturated rings. The van der Waals surface area contributed by atoms with Gasteiger partial charge in [-0.2, -0.15) is 0 Å². The molecule has 1 atom stereocenters. The highest BCUT2D eigenvalue weighted by Crippen LogP contribution is 2.33. The van der Waals surface area contributed by atoms with Gasteiger partial charge in [0, 0.05) is 23.5 Å². The fourth-order valence-electron chi connectivity index (χ4n) is 4.70. The molecule has 0 unspecified atom stereocenters. The van der Waals surface area contributed by atoms with Crippen LogP contribution in [0, 0.1) is 20.8 Å². The number of hydrogen-bond acceptors (Lipinski definition) is 5. The Balaban J connectivity index is 1.35. The van der Waals surface area contributed by atoms with Crippen molar-refractivity contribution in [1.82, 2.24) is 14.8 Å². The number of Topliss-reactive ketones (excluding diaryl/α,β-unsaturated/α-hetero) is 1. The number of nitrogens with one attached hydrogen (secondary N) is 1. The number of ketones is 1. The van der Waals surface area contributed by atoms with E-state index < -0.39 is 17.5 Å². The predicted molar refractivity (Wildman–Crippen MR) is 129 cm³/mol. The minimum absolute atomic E-state index is 0.213. The molecule has 5 rings (SSSR count). The first kappa shape index (κ1) is 22.7. The summed E-state index contributed by atoms with van der Waals surface area (Å²) in [5, 5.41) is 2.76. The number of hydrogen-bond donors (Lipinski definition) is 1. The SMILES string of the molecule is Cc1ccc([C@@]2(C)NC(=O)N(CC(=O)c3cc(C)n(Cc4ccc5c(c4)OCO5)c3C)C2=O)cc1. The molecule has 8 nitrogen and oxygen atoms in total. The van der Waals surface area contributed by atoms with Crippen molar-refractivity contribution < 1.29 is 23.9 Å². The van der Waals surface area contributed by atoms with Crippen LogP contribution in [-0.2, 0) is 16.9 Å². The van der Waals surface area contributed by atoms with Gasteiger partial charge in [0.1, 0.15) is 5.54 Å². The standard InChI is InChI=1S/C27H27N3O5/c1-16-5-8-20(9-6-16)27(4)25(32)30(26(33)28-27)14-22(31)21-11-17(2)29(18(21)3)13-19-7-10-23-24(12-19)35-15-34-23/h5-12H,13-15H2,1-4H3,(H,28,33)/t27-/m1/s1. The zero-order chi connectivity index (χ0) is 24.9. The van der Waals surface area contributed by atoms with Gasteiger partial charge in [-0.15, -0.1) is 0 Å². The van der Waals surface area contributed by atoms with Gasteiger partial charge < -0.3 is 19.4 Å². The molecule has 3 amide bonds. The lowest BCUT2D eigenvalue weighted by Gasteiger charge is -2.22. The molecule has 35 heavy (non-hydrogen) atoms. The van der Waals surface area contributed by atoms with Gasteiger partial charge in [0.25, 0.3) is 5.91 Å². The molecule has 0 bridgehead atoms. The number of aryl methyl sites for hydroxylation is 2. The normalized spacial score (nSPS) is 18.8. The van der Waals surface area contributed by atoms with E-state index in [9.17, 15) is 14.4 Å². The number of ether oxygens (including phenoxy) is 2. The van der Waals surface area contributed by atoms with Crippen LogP contribution in [0.15, 0.2) is 48.5 Å². The second-order valence-electron chi connectivity index (χ2n) is 9.29. The molecular weight excluding hydrogens is 446 g/mol. The van der Waals surface area contributed by atoms with Crippen LogP contribution < -0.4 is 14.8 Å². The van der Waals surface area contributed by atoms with Crippen LogP contribution in [0.4, 0.5) is 4.79 Å². The van der Waals surface area contributed by atoms with E-state index in [4.69, 9.17) is 9.47 Å². The highest BCUT2D eigenvalue weighted by atomic mass is 16.7. The van der Waals surface area contributed by atoms with Gasteiger partial charge in [0.2, 0.25) is 6.79 Å². The molecule has 8 heteroatoms. The third-order valence-corrected chi connectivity index (χ3v) is 6.86. The van der Waals surface area contributed by atoms with E-state index in [1.807, 2.05) is 73.9 Å². The van der Waals surface area contributed by atoms with Crippen LogP contribution in [0.5, 0.6) is 11.5 Å². The smallest absolute Gasteiger partial charge is 0.325 e. The Morgan fingerprint density at radius 3 is 2.46 bits per heavy atom. The minimum atomic E-state index is -1.21. The first-order chi connectivity index (χ1) is 16.7. The zero-order valence-corrected chi connectivity index (χ0v) is 20.2. The number of rotatable bonds is 6. The summed E-state index contributed by atoms with van der Waals surface area (Å²) in [6.45, 7) is 7.87. The number of carbonyl (C=O) groups excluding carboxylic acids is 3. The van der Waals surface area contributed by atoms with Crippen LogP contribution in [0.1, 0.15) is 45.4 Å². The molecule has 1 N–H and O–H groups in total. The maximum Gasteiger partial charge on any atom is 0.325 e. The summed E-state index contributed by atoms with van der Waals surface area (Å²) < 4.78 is 12.9. The summed E-state index contributed by atoms with van der Waals surface area (Å²) in [6.07, 6.45) is 0. The molecule has 0 aliphatic carbocycles. The number of nitrogens with zero attached hydrogens (tertiary/aromatic N) is 2. The number of amides is 3. The number of imide groups is 1. The number of carbonyl (C=O) groups is 3. The Kier molecular flexibility index (Phi) is 5.39. The van der Waals surface area contributed by atoms with E-state index in [0.717, 1.165) is 33.2 Å². The lowest BCUT2D eigenvalue weighted by Crippen LogP contribution is -2.41. The lowest BCUT2D eigenvalue weighted by molar-refractivity contribution is -0.130. The lowest BCUT2D eigenvalue weighted by atomic mass is 9.91. The minimum Gasteiger partial charge on any atom is -0.454 e. The van der Waals surface area contributed by atoms with Crippen molar-refractivity contribution in [1.29, 1.82) is 0 Å². The highest BCUT2D eigenvalue weighted by Gasteiger charge is 2.49. The summed E-state index contributed by atoms with van der Waals surface area (Å²) in [5.74, 6) is 0.703. The number of fused-ring (bicyclic) bond motifs is 1. The van der Waals surface area contributed by atoms with Crippen LogP contribution >= 0.6 is 0 Å².